The van der Waals surface area contributed by atoms with E-state index in [2.05, 4.69) is 13.8 Å². The zero-order valence-electron chi connectivity index (χ0n) is 17.6. The van der Waals surface area contributed by atoms with Crippen molar-refractivity contribution in [1.82, 2.24) is 0 Å². The monoisotopic (exact) mass is 402 g/mol. The summed E-state index contributed by atoms with van der Waals surface area (Å²) >= 11 is 0. The molecule has 3 aromatic rings. The number of Topliss-reactive ketones (excluding diaryl/α,β-unsaturated/α-hetero) is 1. The molecule has 0 aliphatic heterocycles. The first-order valence-electron chi connectivity index (χ1n) is 10.1. The minimum atomic E-state index is -0.547. The van der Waals surface area contributed by atoms with Crippen LogP contribution in [0, 0.1) is 0 Å². The molecule has 0 amide bonds. The largest absolute Gasteiger partial charge is 0.497 e. The van der Waals surface area contributed by atoms with Crippen molar-refractivity contribution < 1.29 is 19.1 Å². The first-order chi connectivity index (χ1) is 14.5. The fourth-order valence-corrected chi connectivity index (χ4v) is 3.14. The summed E-state index contributed by atoms with van der Waals surface area (Å²) in [6.07, 6.45) is 4.06. The molecular weight excluding hydrogens is 376 g/mol. The molecule has 0 aliphatic rings. The number of fused-ring (bicyclic) bond motifs is 1. The number of carbonyl (C=O) groups excluding carboxylic acids is 2. The highest BCUT2D eigenvalue weighted by atomic mass is 16.5. The molecule has 30 heavy (non-hydrogen) atoms. The highest BCUT2D eigenvalue weighted by Gasteiger charge is 2.10. The molecule has 154 valence electrons. The second-order valence-corrected chi connectivity index (χ2v) is 7.27. The van der Waals surface area contributed by atoms with E-state index in [1.165, 1.54) is 11.6 Å². The lowest BCUT2D eigenvalue weighted by atomic mass is 9.97. The normalized spacial score (nSPS) is 12.1. The molecule has 0 fully saturated rings. The van der Waals surface area contributed by atoms with E-state index < -0.39 is 5.97 Å². The van der Waals surface area contributed by atoms with Crippen molar-refractivity contribution >= 4 is 28.6 Å². The van der Waals surface area contributed by atoms with Crippen molar-refractivity contribution in [2.75, 3.05) is 13.7 Å². The summed E-state index contributed by atoms with van der Waals surface area (Å²) in [6.45, 7) is 4.01. The molecule has 0 N–H and O–H groups in total. The van der Waals surface area contributed by atoms with Crippen LogP contribution in [0.5, 0.6) is 5.75 Å². The molecule has 3 aromatic carbocycles. The minimum Gasteiger partial charge on any atom is -0.497 e. The van der Waals surface area contributed by atoms with Crippen LogP contribution in [-0.4, -0.2) is 25.5 Å². The molecule has 4 heteroatoms. The van der Waals surface area contributed by atoms with E-state index in [0.29, 0.717) is 11.5 Å². The van der Waals surface area contributed by atoms with Gasteiger partial charge in [0.2, 0.25) is 0 Å². The lowest BCUT2D eigenvalue weighted by Gasteiger charge is -2.09. The molecule has 1 atom stereocenters. The summed E-state index contributed by atoms with van der Waals surface area (Å²) in [4.78, 5) is 24.3. The molecule has 0 saturated carbocycles. The summed E-state index contributed by atoms with van der Waals surface area (Å²) in [6, 6.07) is 19.2. The Kier molecular flexibility index (Phi) is 7.02. The van der Waals surface area contributed by atoms with Crippen LogP contribution in [0.1, 0.15) is 47.7 Å². The number of hydrogen-bond acceptors (Lipinski definition) is 4. The van der Waals surface area contributed by atoms with Gasteiger partial charge < -0.3 is 9.47 Å². The Morgan fingerprint density at radius 2 is 1.67 bits per heavy atom. The topological polar surface area (TPSA) is 52.6 Å². The van der Waals surface area contributed by atoms with Crippen LogP contribution in [0.2, 0.25) is 0 Å². The third-order valence-electron chi connectivity index (χ3n) is 5.24. The van der Waals surface area contributed by atoms with Gasteiger partial charge in [-0.2, -0.15) is 0 Å². The molecule has 0 spiro atoms. The SMILES string of the molecule is CC[C@H](C)c1ccc(C(=O)COC(=O)/C=C/c2ccc3cc(OC)ccc3c2)cc1. The second kappa shape index (κ2) is 9.88. The van der Waals surface area contributed by atoms with Gasteiger partial charge in [-0.05, 0) is 58.5 Å². The standard InChI is InChI=1S/C26H26O4/c1-4-18(2)20-8-10-21(11-9-20)25(27)17-30-26(28)14-6-19-5-7-23-16-24(29-3)13-12-22(23)15-19/h5-16,18H,4,17H2,1-3H3/b14-6+/t18-/m0/s1. The number of rotatable bonds is 8. The van der Waals surface area contributed by atoms with Crippen LogP contribution < -0.4 is 4.74 Å². The third-order valence-corrected chi connectivity index (χ3v) is 5.24. The van der Waals surface area contributed by atoms with Gasteiger partial charge in [0.1, 0.15) is 5.75 Å². The highest BCUT2D eigenvalue weighted by Crippen LogP contribution is 2.22. The van der Waals surface area contributed by atoms with Gasteiger partial charge in [0.15, 0.2) is 12.4 Å². The summed E-state index contributed by atoms with van der Waals surface area (Å²) in [5.74, 6) is 0.490. The fourth-order valence-electron chi connectivity index (χ4n) is 3.14. The number of methoxy groups -OCH3 is 1. The molecule has 0 unspecified atom stereocenters. The average Bonchev–Trinajstić information content (AvgIpc) is 2.80. The Balaban J connectivity index is 1.56. The van der Waals surface area contributed by atoms with Gasteiger partial charge in [-0.25, -0.2) is 4.79 Å². The highest BCUT2D eigenvalue weighted by molar-refractivity contribution is 5.99. The van der Waals surface area contributed by atoms with Crippen LogP contribution in [0.3, 0.4) is 0 Å². The molecule has 0 heterocycles. The maximum Gasteiger partial charge on any atom is 0.331 e. The van der Waals surface area contributed by atoms with Crippen molar-refractivity contribution in [1.29, 1.82) is 0 Å². The zero-order chi connectivity index (χ0) is 21.5. The Morgan fingerprint density at radius 1 is 0.967 bits per heavy atom. The van der Waals surface area contributed by atoms with Crippen molar-refractivity contribution in [3.05, 3.63) is 83.4 Å². The molecule has 0 bridgehead atoms. The minimum absolute atomic E-state index is 0.216. The maximum atomic E-state index is 12.3. The summed E-state index contributed by atoms with van der Waals surface area (Å²) < 4.78 is 10.3. The van der Waals surface area contributed by atoms with Crippen LogP contribution in [0.4, 0.5) is 0 Å². The number of ether oxygens (including phenoxy) is 2. The Morgan fingerprint density at radius 3 is 2.37 bits per heavy atom. The Labute approximate surface area is 177 Å². The molecular formula is C26H26O4. The van der Waals surface area contributed by atoms with Crippen LogP contribution in [0.25, 0.3) is 16.8 Å². The van der Waals surface area contributed by atoms with E-state index in [0.717, 1.165) is 28.5 Å². The Hall–Kier alpha value is -3.40. The third kappa shape index (κ3) is 5.35. The molecule has 0 aliphatic carbocycles. The summed E-state index contributed by atoms with van der Waals surface area (Å²) in [7, 11) is 1.64. The summed E-state index contributed by atoms with van der Waals surface area (Å²) in [5.41, 5.74) is 2.61. The van der Waals surface area contributed by atoms with Crippen LogP contribution >= 0.6 is 0 Å². The van der Waals surface area contributed by atoms with E-state index in [1.807, 2.05) is 48.5 Å². The number of ketones is 1. The van der Waals surface area contributed by atoms with Crippen LogP contribution in [0.15, 0.2) is 66.7 Å². The molecule has 4 nitrogen and oxygen atoms in total. The van der Waals surface area contributed by atoms with Gasteiger partial charge in [0.05, 0.1) is 7.11 Å². The van der Waals surface area contributed by atoms with Gasteiger partial charge in [0.25, 0.3) is 0 Å². The number of esters is 1. The predicted molar refractivity (Wildman–Crippen MR) is 120 cm³/mol. The second-order valence-electron chi connectivity index (χ2n) is 7.27. The lowest BCUT2D eigenvalue weighted by molar-refractivity contribution is -0.136. The fraction of sp³-hybridized carbons (Fsp3) is 0.231. The molecule has 0 aromatic heterocycles. The van der Waals surface area contributed by atoms with E-state index >= 15 is 0 Å². The molecule has 3 rings (SSSR count). The maximum absolute atomic E-state index is 12.3. The first kappa shape index (κ1) is 21.3. The van der Waals surface area contributed by atoms with Crippen molar-refractivity contribution in [2.45, 2.75) is 26.2 Å². The van der Waals surface area contributed by atoms with Gasteiger partial charge in [-0.15, -0.1) is 0 Å². The Bertz CT molecular complexity index is 1060. The van der Waals surface area contributed by atoms with E-state index in [4.69, 9.17) is 9.47 Å². The lowest BCUT2D eigenvalue weighted by Crippen LogP contribution is -2.12. The average molecular weight is 402 g/mol. The number of carbonyl (C=O) groups is 2. The van der Waals surface area contributed by atoms with Crippen LogP contribution in [-0.2, 0) is 9.53 Å². The number of benzene rings is 3. The predicted octanol–water partition coefficient (Wildman–Crippen LogP) is 5.80. The van der Waals surface area contributed by atoms with E-state index in [9.17, 15) is 9.59 Å². The van der Waals surface area contributed by atoms with Crippen molar-refractivity contribution in [3.63, 3.8) is 0 Å². The van der Waals surface area contributed by atoms with E-state index in [1.54, 1.807) is 25.3 Å². The number of hydrogen-bond donors (Lipinski definition) is 0. The van der Waals surface area contributed by atoms with Gasteiger partial charge in [0, 0.05) is 11.6 Å². The molecule has 0 saturated heterocycles. The zero-order valence-corrected chi connectivity index (χ0v) is 17.6. The van der Waals surface area contributed by atoms with Gasteiger partial charge in [-0.3, -0.25) is 4.79 Å². The summed E-state index contributed by atoms with van der Waals surface area (Å²) in [5, 5.41) is 2.10. The van der Waals surface area contributed by atoms with Gasteiger partial charge in [-0.1, -0.05) is 56.3 Å². The van der Waals surface area contributed by atoms with Gasteiger partial charge >= 0.3 is 5.97 Å². The van der Waals surface area contributed by atoms with Crippen molar-refractivity contribution in [3.8, 4) is 5.75 Å². The smallest absolute Gasteiger partial charge is 0.331 e. The first-order valence-corrected chi connectivity index (χ1v) is 10.1. The quantitative estimate of drug-likeness (QED) is 0.271. The van der Waals surface area contributed by atoms with E-state index in [-0.39, 0.29) is 12.4 Å². The van der Waals surface area contributed by atoms with Crippen molar-refractivity contribution in [2.24, 2.45) is 0 Å². The molecule has 0 radical (unpaired) electrons.